The Balaban J connectivity index is 3.89. The summed E-state index contributed by atoms with van der Waals surface area (Å²) in [6, 6.07) is 0. The van der Waals surface area contributed by atoms with E-state index in [-0.39, 0.29) is 7.27 Å². The van der Waals surface area contributed by atoms with Gasteiger partial charge in [0.2, 0.25) is 0 Å². The first-order valence-corrected chi connectivity index (χ1v) is 17.7. The Labute approximate surface area is 211 Å². The lowest BCUT2D eigenvalue weighted by Gasteiger charge is -2.35. The summed E-state index contributed by atoms with van der Waals surface area (Å²) in [6.45, 7) is 9.38. The van der Waals surface area contributed by atoms with Crippen LogP contribution in [-0.2, 0) is 0 Å². The van der Waals surface area contributed by atoms with Gasteiger partial charge < -0.3 is 0 Å². The summed E-state index contributed by atoms with van der Waals surface area (Å²) >= 11 is 6.82. The van der Waals surface area contributed by atoms with Gasteiger partial charge in [-0.05, 0) is 63.5 Å². The highest BCUT2D eigenvalue weighted by atomic mass is 35.7. The van der Waals surface area contributed by atoms with E-state index in [9.17, 15) is 0 Å². The molecule has 0 aromatic carbocycles. The lowest BCUT2D eigenvalue weighted by molar-refractivity contribution is 0.181. The molecule has 0 spiro atoms. The average Bonchev–Trinajstić information content (AvgIpc) is 2.80. The Hall–Kier alpha value is 0.720. The van der Waals surface area contributed by atoms with Crippen LogP contribution in [0.3, 0.4) is 0 Å². The molecule has 194 valence electrons. The Bertz CT molecular complexity index is 335. The van der Waals surface area contributed by atoms with E-state index in [2.05, 4.69) is 27.7 Å². The van der Waals surface area contributed by atoms with Gasteiger partial charge in [-0.15, -0.1) is 0 Å². The third-order valence-electron chi connectivity index (χ3n) is 7.54. The summed E-state index contributed by atoms with van der Waals surface area (Å²) in [7, 11) is -0.238. The van der Waals surface area contributed by atoms with Crippen molar-refractivity contribution in [2.45, 2.75) is 175 Å². The Morgan fingerprint density at radius 1 is 0.406 bits per heavy atom. The SMILES string of the molecule is CCCCCCCCCCCCCCP(Cl)CCCC(CCCC)(CCCC)CCCC. The highest BCUT2D eigenvalue weighted by Gasteiger charge is 2.28. The molecule has 0 amide bonds. The largest absolute Gasteiger partial charge is 0.0964 e. The molecule has 1 unspecified atom stereocenters. The summed E-state index contributed by atoms with van der Waals surface area (Å²) in [5.41, 5.74) is 0.630. The van der Waals surface area contributed by atoms with Gasteiger partial charge in [0.15, 0.2) is 0 Å². The second-order valence-electron chi connectivity index (χ2n) is 10.7. The summed E-state index contributed by atoms with van der Waals surface area (Å²) in [5, 5.41) is 0. The molecule has 32 heavy (non-hydrogen) atoms. The molecule has 0 heterocycles. The van der Waals surface area contributed by atoms with E-state index in [1.54, 1.807) is 0 Å². The highest BCUT2D eigenvalue weighted by molar-refractivity contribution is 7.83. The number of hydrogen-bond acceptors (Lipinski definition) is 0. The van der Waals surface area contributed by atoms with Gasteiger partial charge >= 0.3 is 0 Å². The van der Waals surface area contributed by atoms with Crippen LogP contribution in [0.4, 0.5) is 0 Å². The second-order valence-corrected chi connectivity index (χ2v) is 14.0. The number of unbranched alkanes of at least 4 members (excludes halogenated alkanes) is 14. The van der Waals surface area contributed by atoms with Crippen LogP contribution < -0.4 is 0 Å². The van der Waals surface area contributed by atoms with E-state index in [1.807, 2.05) is 0 Å². The summed E-state index contributed by atoms with van der Waals surface area (Å²) in [5.74, 6) is 0. The molecule has 0 aliphatic rings. The first-order chi connectivity index (χ1) is 15.6. The third-order valence-corrected chi connectivity index (χ3v) is 10.2. The topological polar surface area (TPSA) is 0 Å². The first-order valence-electron chi connectivity index (χ1n) is 15.0. The lowest BCUT2D eigenvalue weighted by atomic mass is 9.71. The zero-order valence-electron chi connectivity index (χ0n) is 23.0. The maximum atomic E-state index is 6.82. The van der Waals surface area contributed by atoms with E-state index in [1.165, 1.54) is 160 Å². The minimum atomic E-state index is -0.238. The van der Waals surface area contributed by atoms with Gasteiger partial charge in [0.05, 0.1) is 0 Å². The average molecular weight is 489 g/mol. The molecular weight excluding hydrogens is 427 g/mol. The first kappa shape index (κ1) is 32.7. The molecule has 0 fully saturated rings. The van der Waals surface area contributed by atoms with Crippen molar-refractivity contribution in [3.63, 3.8) is 0 Å². The monoisotopic (exact) mass is 488 g/mol. The molecule has 0 aliphatic heterocycles. The van der Waals surface area contributed by atoms with Crippen molar-refractivity contribution < 1.29 is 0 Å². The van der Waals surface area contributed by atoms with Gasteiger partial charge in [0.25, 0.3) is 0 Å². The molecule has 0 aromatic rings. The molecule has 0 aliphatic carbocycles. The van der Waals surface area contributed by atoms with Crippen molar-refractivity contribution in [3.8, 4) is 0 Å². The van der Waals surface area contributed by atoms with Crippen LogP contribution in [0.5, 0.6) is 0 Å². The fourth-order valence-electron chi connectivity index (χ4n) is 5.27. The molecule has 0 bridgehead atoms. The van der Waals surface area contributed by atoms with E-state index < -0.39 is 0 Å². The summed E-state index contributed by atoms with van der Waals surface area (Å²) in [4.78, 5) is 0. The molecule has 0 saturated carbocycles. The molecule has 0 aromatic heterocycles. The molecule has 1 atom stereocenters. The zero-order chi connectivity index (χ0) is 23.8. The van der Waals surface area contributed by atoms with Crippen LogP contribution >= 0.6 is 18.5 Å². The third kappa shape index (κ3) is 20.1. The normalized spacial score (nSPS) is 13.0. The molecule has 0 saturated heterocycles. The lowest BCUT2D eigenvalue weighted by Crippen LogP contribution is -2.21. The Kier molecular flexibility index (Phi) is 25.4. The number of hydrogen-bond donors (Lipinski definition) is 0. The van der Waals surface area contributed by atoms with E-state index in [0.29, 0.717) is 5.41 Å². The quantitative estimate of drug-likeness (QED) is 0.0838. The molecule has 0 radical (unpaired) electrons. The van der Waals surface area contributed by atoms with Gasteiger partial charge in [-0.25, -0.2) is 0 Å². The van der Waals surface area contributed by atoms with Crippen molar-refractivity contribution in [2.24, 2.45) is 5.41 Å². The summed E-state index contributed by atoms with van der Waals surface area (Å²) < 4.78 is 0. The molecular formula is C30H62ClP. The maximum absolute atomic E-state index is 6.82. The maximum Gasteiger partial charge on any atom is -0.00973 e. The van der Waals surface area contributed by atoms with Crippen molar-refractivity contribution >= 4 is 18.5 Å². The smallest absolute Gasteiger partial charge is 0.00973 e. The molecule has 0 nitrogen and oxygen atoms in total. The van der Waals surface area contributed by atoms with Crippen molar-refractivity contribution in [1.29, 1.82) is 0 Å². The fourth-order valence-corrected chi connectivity index (χ4v) is 7.28. The van der Waals surface area contributed by atoms with E-state index in [0.717, 1.165) is 0 Å². The fraction of sp³-hybridized carbons (Fsp3) is 1.00. The zero-order valence-corrected chi connectivity index (χ0v) is 24.7. The van der Waals surface area contributed by atoms with Crippen LogP contribution in [0.1, 0.15) is 175 Å². The van der Waals surface area contributed by atoms with Crippen LogP contribution in [0.15, 0.2) is 0 Å². The van der Waals surface area contributed by atoms with Gasteiger partial charge in [-0.2, -0.15) is 0 Å². The van der Waals surface area contributed by atoms with Crippen LogP contribution in [0, 0.1) is 5.41 Å². The van der Waals surface area contributed by atoms with E-state index >= 15 is 0 Å². The molecule has 0 rings (SSSR count). The van der Waals surface area contributed by atoms with Crippen LogP contribution in [0.25, 0.3) is 0 Å². The van der Waals surface area contributed by atoms with Gasteiger partial charge in [-0.1, -0.05) is 148 Å². The van der Waals surface area contributed by atoms with Crippen LogP contribution in [-0.4, -0.2) is 12.3 Å². The number of halogens is 1. The second kappa shape index (κ2) is 24.8. The standard InChI is InChI=1S/C30H62ClP/c1-5-9-13-14-15-16-17-18-19-20-21-22-28-32(31)29-23-27-30(24-10-6-2,25-11-7-3)26-12-8-4/h5-29H2,1-4H3. The van der Waals surface area contributed by atoms with Gasteiger partial charge in [0.1, 0.15) is 0 Å². The molecule has 2 heteroatoms. The Morgan fingerprint density at radius 3 is 1.12 bits per heavy atom. The van der Waals surface area contributed by atoms with E-state index in [4.69, 9.17) is 11.2 Å². The van der Waals surface area contributed by atoms with Gasteiger partial charge in [-0.3, -0.25) is 0 Å². The minimum absolute atomic E-state index is 0.238. The predicted molar refractivity (Wildman–Crippen MR) is 154 cm³/mol. The van der Waals surface area contributed by atoms with Crippen LogP contribution in [0.2, 0.25) is 0 Å². The predicted octanol–water partition coefficient (Wildman–Crippen LogP) is 12.7. The minimum Gasteiger partial charge on any atom is -0.0964 e. The Morgan fingerprint density at radius 2 is 0.719 bits per heavy atom. The summed E-state index contributed by atoms with van der Waals surface area (Å²) in [6.07, 6.45) is 35.3. The van der Waals surface area contributed by atoms with Crippen molar-refractivity contribution in [2.75, 3.05) is 12.3 Å². The number of rotatable bonds is 26. The molecule has 0 N–H and O–H groups in total. The highest BCUT2D eigenvalue weighted by Crippen LogP contribution is 2.46. The van der Waals surface area contributed by atoms with Gasteiger partial charge in [0, 0.05) is 0 Å². The van der Waals surface area contributed by atoms with Crippen molar-refractivity contribution in [1.82, 2.24) is 0 Å². The van der Waals surface area contributed by atoms with Crippen molar-refractivity contribution in [3.05, 3.63) is 0 Å².